The molecule has 0 spiro atoms. The summed E-state index contributed by atoms with van der Waals surface area (Å²) >= 11 is 0. The predicted octanol–water partition coefficient (Wildman–Crippen LogP) is 2.70. The Bertz CT molecular complexity index is 596. The van der Waals surface area contributed by atoms with Crippen LogP contribution in [0.5, 0.6) is 0 Å². The Kier molecular flexibility index (Phi) is 3.37. The third kappa shape index (κ3) is 2.81. The second kappa shape index (κ2) is 4.83. The summed E-state index contributed by atoms with van der Waals surface area (Å²) in [5.41, 5.74) is 4.82. The number of rotatable bonds is 2. The van der Waals surface area contributed by atoms with Crippen molar-refractivity contribution in [2.24, 2.45) is 0 Å². The van der Waals surface area contributed by atoms with Crippen LogP contribution in [-0.4, -0.2) is 15.0 Å². The highest BCUT2D eigenvalue weighted by molar-refractivity contribution is 5.65. The molecule has 0 aliphatic rings. The zero-order valence-corrected chi connectivity index (χ0v) is 10.1. The van der Waals surface area contributed by atoms with Crippen molar-refractivity contribution in [1.82, 2.24) is 15.0 Å². The number of anilines is 1. The summed E-state index contributed by atoms with van der Waals surface area (Å²) in [6, 6.07) is 2.23. The van der Waals surface area contributed by atoms with E-state index in [1.165, 1.54) is 6.07 Å². The number of pyridine rings is 1. The maximum Gasteiger partial charge on any atom is 0.417 e. The first-order chi connectivity index (χ1) is 8.91. The van der Waals surface area contributed by atoms with Gasteiger partial charge >= 0.3 is 6.18 Å². The fraction of sp³-hybridized carbons (Fsp3) is 0.250. The lowest BCUT2D eigenvalue weighted by Crippen LogP contribution is -2.09. The molecule has 0 aliphatic heterocycles. The fourth-order valence-corrected chi connectivity index (χ4v) is 1.66. The van der Waals surface area contributed by atoms with Crippen LogP contribution in [0.15, 0.2) is 24.5 Å². The summed E-state index contributed by atoms with van der Waals surface area (Å²) in [6.45, 7) is 1.80. The molecular weight excluding hydrogens is 257 g/mol. The van der Waals surface area contributed by atoms with Gasteiger partial charge in [-0.05, 0) is 6.07 Å². The average molecular weight is 268 g/mol. The number of nitrogens with two attached hydrogens (primary N) is 1. The predicted molar refractivity (Wildman–Crippen MR) is 64.1 cm³/mol. The van der Waals surface area contributed by atoms with Gasteiger partial charge in [-0.3, -0.25) is 4.98 Å². The summed E-state index contributed by atoms with van der Waals surface area (Å²) in [7, 11) is 0. The third-order valence-corrected chi connectivity index (χ3v) is 2.51. The van der Waals surface area contributed by atoms with Crippen molar-refractivity contribution in [2.45, 2.75) is 19.5 Å². The molecule has 2 N–H and O–H groups in total. The van der Waals surface area contributed by atoms with Gasteiger partial charge in [0, 0.05) is 30.4 Å². The van der Waals surface area contributed by atoms with Gasteiger partial charge < -0.3 is 5.73 Å². The van der Waals surface area contributed by atoms with Gasteiger partial charge in [-0.1, -0.05) is 6.92 Å². The zero-order valence-electron chi connectivity index (χ0n) is 10.1. The van der Waals surface area contributed by atoms with Gasteiger partial charge in [0.1, 0.15) is 11.6 Å². The molecular formula is C12H11F3N4. The third-order valence-electron chi connectivity index (χ3n) is 2.51. The molecule has 0 saturated carbocycles. The average Bonchev–Trinajstić information content (AvgIpc) is 2.37. The van der Waals surface area contributed by atoms with E-state index < -0.39 is 11.7 Å². The van der Waals surface area contributed by atoms with Crippen LogP contribution in [0.2, 0.25) is 0 Å². The van der Waals surface area contributed by atoms with E-state index in [2.05, 4.69) is 15.0 Å². The molecule has 0 amide bonds. The maximum absolute atomic E-state index is 12.9. The van der Waals surface area contributed by atoms with Crippen LogP contribution in [0.1, 0.15) is 18.3 Å². The van der Waals surface area contributed by atoms with E-state index in [1.54, 1.807) is 6.92 Å². The minimum Gasteiger partial charge on any atom is -0.384 e. The van der Waals surface area contributed by atoms with Gasteiger partial charge in [0.25, 0.3) is 0 Å². The molecule has 0 aromatic carbocycles. The molecule has 2 aromatic heterocycles. The van der Waals surface area contributed by atoms with Gasteiger partial charge in [0.2, 0.25) is 0 Å². The monoisotopic (exact) mass is 268 g/mol. The topological polar surface area (TPSA) is 64.7 Å². The van der Waals surface area contributed by atoms with Gasteiger partial charge in [-0.25, -0.2) is 9.97 Å². The van der Waals surface area contributed by atoms with Crippen molar-refractivity contribution in [3.05, 3.63) is 35.9 Å². The Morgan fingerprint density at radius 1 is 1.26 bits per heavy atom. The van der Waals surface area contributed by atoms with Crippen LogP contribution >= 0.6 is 0 Å². The maximum atomic E-state index is 12.9. The van der Waals surface area contributed by atoms with Crippen molar-refractivity contribution >= 4 is 5.82 Å². The first-order valence-electron chi connectivity index (χ1n) is 5.57. The Labute approximate surface area is 107 Å². The lowest BCUT2D eigenvalue weighted by molar-refractivity contribution is -0.137. The standard InChI is InChI=1S/C12H11F3N4/c1-2-11-18-9(5-10(16)19-11)7-6-17-4-3-8(7)12(13,14)15/h3-6H,2H2,1H3,(H2,16,18,19). The lowest BCUT2D eigenvalue weighted by atomic mass is 10.1. The van der Waals surface area contributed by atoms with Crippen molar-refractivity contribution in [3.8, 4) is 11.3 Å². The first-order valence-corrected chi connectivity index (χ1v) is 5.57. The second-order valence-corrected chi connectivity index (χ2v) is 3.87. The van der Waals surface area contributed by atoms with Crippen LogP contribution < -0.4 is 5.73 Å². The molecule has 2 heterocycles. The smallest absolute Gasteiger partial charge is 0.384 e. The van der Waals surface area contributed by atoms with Crippen LogP contribution in [-0.2, 0) is 12.6 Å². The molecule has 0 bridgehead atoms. The molecule has 100 valence electrons. The van der Waals surface area contributed by atoms with Crippen LogP contribution in [0.4, 0.5) is 19.0 Å². The van der Waals surface area contributed by atoms with E-state index in [9.17, 15) is 13.2 Å². The van der Waals surface area contributed by atoms with Crippen LogP contribution in [0, 0.1) is 0 Å². The number of alkyl halides is 3. The van der Waals surface area contributed by atoms with Crippen molar-refractivity contribution in [1.29, 1.82) is 0 Å². The SMILES string of the molecule is CCc1nc(N)cc(-c2cnccc2C(F)(F)F)n1. The number of aryl methyl sites for hydroxylation is 1. The summed E-state index contributed by atoms with van der Waals surface area (Å²) < 4.78 is 38.7. The van der Waals surface area contributed by atoms with Gasteiger partial charge in [0.05, 0.1) is 11.3 Å². The molecule has 0 aliphatic carbocycles. The number of aromatic nitrogens is 3. The van der Waals surface area contributed by atoms with E-state index in [4.69, 9.17) is 5.73 Å². The Hall–Kier alpha value is -2.18. The van der Waals surface area contributed by atoms with Gasteiger partial charge in [0.15, 0.2) is 0 Å². The number of halogens is 3. The summed E-state index contributed by atoms with van der Waals surface area (Å²) in [4.78, 5) is 11.7. The molecule has 19 heavy (non-hydrogen) atoms. The lowest BCUT2D eigenvalue weighted by Gasteiger charge is -2.12. The normalized spacial score (nSPS) is 11.6. The number of nitrogen functional groups attached to an aromatic ring is 1. The second-order valence-electron chi connectivity index (χ2n) is 3.87. The van der Waals surface area contributed by atoms with Crippen molar-refractivity contribution < 1.29 is 13.2 Å². The van der Waals surface area contributed by atoms with E-state index >= 15 is 0 Å². The molecule has 2 aromatic rings. The van der Waals surface area contributed by atoms with Crippen LogP contribution in [0.3, 0.4) is 0 Å². The number of hydrogen-bond donors (Lipinski definition) is 1. The summed E-state index contributed by atoms with van der Waals surface area (Å²) in [6.07, 6.45) is -1.76. The minimum atomic E-state index is -4.47. The highest BCUT2D eigenvalue weighted by atomic mass is 19.4. The summed E-state index contributed by atoms with van der Waals surface area (Å²) in [5, 5.41) is 0. The highest BCUT2D eigenvalue weighted by Crippen LogP contribution is 2.35. The van der Waals surface area contributed by atoms with E-state index in [0.29, 0.717) is 12.2 Å². The fourth-order valence-electron chi connectivity index (χ4n) is 1.66. The first kappa shape index (κ1) is 13.3. The molecule has 2 rings (SSSR count). The molecule has 0 unspecified atom stereocenters. The zero-order chi connectivity index (χ0) is 14.0. The molecule has 0 saturated heterocycles. The Balaban J connectivity index is 2.62. The van der Waals surface area contributed by atoms with Crippen molar-refractivity contribution in [2.75, 3.05) is 5.73 Å². The Morgan fingerprint density at radius 2 is 2.00 bits per heavy atom. The quantitative estimate of drug-likeness (QED) is 0.909. The van der Waals surface area contributed by atoms with Crippen molar-refractivity contribution in [3.63, 3.8) is 0 Å². The van der Waals surface area contributed by atoms with Gasteiger partial charge in [-0.15, -0.1) is 0 Å². The molecule has 4 nitrogen and oxygen atoms in total. The largest absolute Gasteiger partial charge is 0.417 e. The summed E-state index contributed by atoms with van der Waals surface area (Å²) in [5.74, 6) is 0.533. The molecule has 7 heteroatoms. The van der Waals surface area contributed by atoms with E-state index in [-0.39, 0.29) is 17.1 Å². The highest BCUT2D eigenvalue weighted by Gasteiger charge is 2.34. The Morgan fingerprint density at radius 3 is 2.63 bits per heavy atom. The number of nitrogens with zero attached hydrogens (tertiary/aromatic N) is 3. The molecule has 0 atom stereocenters. The molecule has 0 fully saturated rings. The minimum absolute atomic E-state index is 0.0983. The number of hydrogen-bond acceptors (Lipinski definition) is 4. The van der Waals surface area contributed by atoms with E-state index in [1.807, 2.05) is 0 Å². The van der Waals surface area contributed by atoms with E-state index in [0.717, 1.165) is 18.5 Å². The molecule has 0 radical (unpaired) electrons. The van der Waals surface area contributed by atoms with Crippen LogP contribution in [0.25, 0.3) is 11.3 Å². The van der Waals surface area contributed by atoms with Gasteiger partial charge in [-0.2, -0.15) is 13.2 Å².